The lowest BCUT2D eigenvalue weighted by atomic mass is 9.98. The van der Waals surface area contributed by atoms with E-state index in [1.54, 1.807) is 12.3 Å². The van der Waals surface area contributed by atoms with Crippen LogP contribution in [0.25, 0.3) is 11.3 Å². The minimum absolute atomic E-state index is 0.0252. The molecule has 7 nitrogen and oxygen atoms in total. The standard InChI is InChI=1S/C21H21FN4O3S/c22-17-6-8-19(9-7-17)30(28,29)26-12-2-4-16(14-26)21(27)24-18-5-1-3-15(13-18)20-10-11-23-25-20/h1,3,5-11,13,16H,2,4,12,14H2,(H,23,25)(H,24,27). The fraction of sp³-hybridized carbons (Fsp3) is 0.238. The Morgan fingerprint density at radius 3 is 2.70 bits per heavy atom. The summed E-state index contributed by atoms with van der Waals surface area (Å²) in [5, 5.41) is 9.70. The highest BCUT2D eigenvalue weighted by Gasteiger charge is 2.33. The molecule has 0 saturated carbocycles. The molecule has 30 heavy (non-hydrogen) atoms. The van der Waals surface area contributed by atoms with Gasteiger partial charge in [0.05, 0.1) is 16.5 Å². The van der Waals surface area contributed by atoms with Crippen LogP contribution in [-0.4, -0.2) is 41.9 Å². The zero-order valence-corrected chi connectivity index (χ0v) is 16.9. The topological polar surface area (TPSA) is 95.2 Å². The molecule has 0 bridgehead atoms. The Hall–Kier alpha value is -3.04. The van der Waals surface area contributed by atoms with Crippen LogP contribution in [0.15, 0.2) is 65.7 Å². The molecule has 1 aromatic heterocycles. The molecule has 2 N–H and O–H groups in total. The largest absolute Gasteiger partial charge is 0.326 e. The lowest BCUT2D eigenvalue weighted by Crippen LogP contribution is -2.43. The Bertz CT molecular complexity index is 1130. The van der Waals surface area contributed by atoms with Crippen LogP contribution in [0.2, 0.25) is 0 Å². The number of hydrogen-bond acceptors (Lipinski definition) is 4. The molecule has 1 saturated heterocycles. The van der Waals surface area contributed by atoms with Crippen molar-refractivity contribution in [1.82, 2.24) is 14.5 Å². The van der Waals surface area contributed by atoms with Gasteiger partial charge >= 0.3 is 0 Å². The van der Waals surface area contributed by atoms with Crippen LogP contribution in [0.1, 0.15) is 12.8 Å². The molecule has 3 aromatic rings. The van der Waals surface area contributed by atoms with E-state index in [1.165, 1.54) is 16.4 Å². The molecular weight excluding hydrogens is 407 g/mol. The first-order valence-electron chi connectivity index (χ1n) is 9.60. The first-order chi connectivity index (χ1) is 14.4. The van der Waals surface area contributed by atoms with E-state index in [9.17, 15) is 17.6 Å². The van der Waals surface area contributed by atoms with Gasteiger partial charge in [0, 0.05) is 30.5 Å². The number of amides is 1. The molecular formula is C21H21FN4O3S. The molecule has 1 unspecified atom stereocenters. The smallest absolute Gasteiger partial charge is 0.243 e. The van der Waals surface area contributed by atoms with E-state index in [0.717, 1.165) is 23.4 Å². The highest BCUT2D eigenvalue weighted by atomic mass is 32.2. The Morgan fingerprint density at radius 2 is 1.97 bits per heavy atom. The molecule has 0 spiro atoms. The summed E-state index contributed by atoms with van der Waals surface area (Å²) in [5.74, 6) is -1.19. The van der Waals surface area contributed by atoms with Crippen molar-refractivity contribution in [3.63, 3.8) is 0 Å². The third-order valence-electron chi connectivity index (χ3n) is 5.15. The summed E-state index contributed by atoms with van der Waals surface area (Å²) in [6.07, 6.45) is 2.83. The first kappa shape index (κ1) is 20.2. The third kappa shape index (κ3) is 4.27. The maximum Gasteiger partial charge on any atom is 0.243 e. The summed E-state index contributed by atoms with van der Waals surface area (Å²) in [4.78, 5) is 12.8. The number of aromatic amines is 1. The molecule has 2 aromatic carbocycles. The van der Waals surface area contributed by atoms with Gasteiger partial charge in [-0.15, -0.1) is 0 Å². The molecule has 1 aliphatic rings. The number of nitrogens with one attached hydrogen (secondary N) is 2. The van der Waals surface area contributed by atoms with Gasteiger partial charge in [0.1, 0.15) is 5.82 Å². The van der Waals surface area contributed by atoms with E-state index in [0.29, 0.717) is 25.1 Å². The predicted octanol–water partition coefficient (Wildman–Crippen LogP) is 3.26. The maximum absolute atomic E-state index is 13.1. The van der Waals surface area contributed by atoms with Gasteiger partial charge in [0.15, 0.2) is 0 Å². The van der Waals surface area contributed by atoms with Crippen molar-refractivity contribution < 1.29 is 17.6 Å². The molecule has 2 heterocycles. The molecule has 1 aliphatic heterocycles. The summed E-state index contributed by atoms with van der Waals surface area (Å²) in [6.45, 7) is 0.421. The van der Waals surface area contributed by atoms with Crippen molar-refractivity contribution in [2.75, 3.05) is 18.4 Å². The number of halogens is 1. The number of rotatable bonds is 5. The van der Waals surface area contributed by atoms with E-state index in [4.69, 9.17) is 0 Å². The van der Waals surface area contributed by atoms with Crippen molar-refractivity contribution in [1.29, 1.82) is 0 Å². The molecule has 156 valence electrons. The molecule has 1 atom stereocenters. The van der Waals surface area contributed by atoms with Gasteiger partial charge in [-0.3, -0.25) is 9.89 Å². The molecule has 9 heteroatoms. The van der Waals surface area contributed by atoms with E-state index >= 15 is 0 Å². The van der Waals surface area contributed by atoms with Gasteiger partial charge in [-0.1, -0.05) is 12.1 Å². The van der Waals surface area contributed by atoms with Crippen LogP contribution < -0.4 is 5.32 Å². The second-order valence-electron chi connectivity index (χ2n) is 7.20. The lowest BCUT2D eigenvalue weighted by molar-refractivity contribution is -0.120. The molecule has 1 amide bonds. The predicted molar refractivity (Wildman–Crippen MR) is 111 cm³/mol. The highest BCUT2D eigenvalue weighted by molar-refractivity contribution is 7.89. The summed E-state index contributed by atoms with van der Waals surface area (Å²) in [7, 11) is -3.78. The number of hydrogen-bond donors (Lipinski definition) is 2. The van der Waals surface area contributed by atoms with Gasteiger partial charge in [-0.2, -0.15) is 9.40 Å². The maximum atomic E-state index is 13.1. The molecule has 1 fully saturated rings. The van der Waals surface area contributed by atoms with Crippen LogP contribution >= 0.6 is 0 Å². The number of benzene rings is 2. The number of carbonyl (C=O) groups excluding carboxylic acids is 1. The van der Waals surface area contributed by atoms with Crippen LogP contribution in [0.5, 0.6) is 0 Å². The van der Waals surface area contributed by atoms with Gasteiger partial charge in [-0.25, -0.2) is 12.8 Å². The van der Waals surface area contributed by atoms with E-state index in [1.807, 2.05) is 24.3 Å². The summed E-state index contributed by atoms with van der Waals surface area (Å²) >= 11 is 0. The van der Waals surface area contributed by atoms with Crippen LogP contribution in [0.4, 0.5) is 10.1 Å². The molecule has 0 aliphatic carbocycles. The monoisotopic (exact) mass is 428 g/mol. The summed E-state index contributed by atoms with van der Waals surface area (Å²) in [5.41, 5.74) is 2.35. The Morgan fingerprint density at radius 1 is 1.17 bits per heavy atom. The molecule has 4 rings (SSSR count). The number of nitrogens with zero attached hydrogens (tertiary/aromatic N) is 2. The average Bonchev–Trinajstić information content (AvgIpc) is 3.29. The number of anilines is 1. The fourth-order valence-electron chi connectivity index (χ4n) is 3.56. The number of piperidine rings is 1. The van der Waals surface area contributed by atoms with Crippen molar-refractivity contribution in [2.24, 2.45) is 5.92 Å². The number of sulfonamides is 1. The number of H-pyrrole nitrogens is 1. The Balaban J connectivity index is 1.46. The fourth-order valence-corrected chi connectivity index (χ4v) is 5.08. The SMILES string of the molecule is O=C(Nc1cccc(-c2ccn[nH]2)c1)C1CCCN(S(=O)(=O)c2ccc(F)cc2)C1. The van der Waals surface area contributed by atoms with Crippen molar-refractivity contribution in [2.45, 2.75) is 17.7 Å². The second-order valence-corrected chi connectivity index (χ2v) is 9.13. The van der Waals surface area contributed by atoms with E-state index in [2.05, 4.69) is 15.5 Å². The summed E-state index contributed by atoms with van der Waals surface area (Å²) < 4.78 is 40.2. The summed E-state index contributed by atoms with van der Waals surface area (Å²) in [6, 6.07) is 13.9. The zero-order chi connectivity index (χ0) is 21.1. The first-order valence-corrected chi connectivity index (χ1v) is 11.0. The number of aromatic nitrogens is 2. The van der Waals surface area contributed by atoms with Crippen LogP contribution in [0, 0.1) is 11.7 Å². The second kappa shape index (κ2) is 8.37. The number of carbonyl (C=O) groups is 1. The van der Waals surface area contributed by atoms with E-state index in [-0.39, 0.29) is 17.3 Å². The Kier molecular flexibility index (Phi) is 5.65. The third-order valence-corrected chi connectivity index (χ3v) is 7.03. The zero-order valence-electron chi connectivity index (χ0n) is 16.1. The lowest BCUT2D eigenvalue weighted by Gasteiger charge is -2.31. The normalized spacial score (nSPS) is 17.6. The Labute approximate surface area is 174 Å². The van der Waals surface area contributed by atoms with Crippen molar-refractivity contribution in [3.05, 3.63) is 66.6 Å². The quantitative estimate of drug-likeness (QED) is 0.652. The highest BCUT2D eigenvalue weighted by Crippen LogP contribution is 2.26. The van der Waals surface area contributed by atoms with Crippen molar-refractivity contribution in [3.8, 4) is 11.3 Å². The van der Waals surface area contributed by atoms with E-state index < -0.39 is 21.8 Å². The van der Waals surface area contributed by atoms with Crippen LogP contribution in [0.3, 0.4) is 0 Å². The van der Waals surface area contributed by atoms with Gasteiger partial charge in [-0.05, 0) is 55.3 Å². The minimum atomic E-state index is -3.78. The van der Waals surface area contributed by atoms with Gasteiger partial charge in [0.2, 0.25) is 15.9 Å². The molecule has 0 radical (unpaired) electrons. The minimum Gasteiger partial charge on any atom is -0.326 e. The van der Waals surface area contributed by atoms with Gasteiger partial charge in [0.25, 0.3) is 0 Å². The van der Waals surface area contributed by atoms with Crippen LogP contribution in [-0.2, 0) is 14.8 Å². The van der Waals surface area contributed by atoms with Gasteiger partial charge < -0.3 is 5.32 Å². The van der Waals surface area contributed by atoms with Crippen molar-refractivity contribution >= 4 is 21.6 Å². The average molecular weight is 428 g/mol.